The highest BCUT2D eigenvalue weighted by molar-refractivity contribution is 5.95. The van der Waals surface area contributed by atoms with Crippen LogP contribution in [-0.2, 0) is 11.4 Å². The Balaban J connectivity index is 2.12. The van der Waals surface area contributed by atoms with Crippen LogP contribution in [0.2, 0.25) is 0 Å². The van der Waals surface area contributed by atoms with Crippen molar-refractivity contribution in [1.29, 1.82) is 0 Å². The van der Waals surface area contributed by atoms with Gasteiger partial charge in [0.25, 0.3) is 0 Å². The molecule has 102 valence electrons. The molecule has 0 radical (unpaired) electrons. The van der Waals surface area contributed by atoms with Crippen molar-refractivity contribution in [3.05, 3.63) is 35.4 Å². The summed E-state index contributed by atoms with van der Waals surface area (Å²) in [5.41, 5.74) is 13.0. The van der Waals surface area contributed by atoms with E-state index in [0.717, 1.165) is 11.1 Å². The van der Waals surface area contributed by atoms with Gasteiger partial charge in [0.05, 0.1) is 0 Å². The Kier molecular flexibility index (Phi) is 3.44. The molecule has 0 aromatic heterocycles. The van der Waals surface area contributed by atoms with E-state index in [0.29, 0.717) is 6.61 Å². The third kappa shape index (κ3) is 2.85. The third-order valence-corrected chi connectivity index (χ3v) is 2.93. The van der Waals surface area contributed by atoms with Crippen molar-refractivity contribution in [2.75, 3.05) is 0 Å². The zero-order valence-electron chi connectivity index (χ0n) is 11.4. The zero-order chi connectivity index (χ0) is 14.0. The molecular weight excluding hydrogens is 242 g/mol. The van der Waals surface area contributed by atoms with Crippen molar-refractivity contribution in [2.45, 2.75) is 33.0 Å². The molecule has 0 saturated heterocycles. The molecule has 19 heavy (non-hydrogen) atoms. The first kappa shape index (κ1) is 13.4. The van der Waals surface area contributed by atoms with Gasteiger partial charge in [0.1, 0.15) is 6.61 Å². The minimum atomic E-state index is -0.668. The van der Waals surface area contributed by atoms with Gasteiger partial charge in [-0.25, -0.2) is 4.99 Å². The van der Waals surface area contributed by atoms with Crippen LogP contribution in [0.25, 0.3) is 0 Å². The highest BCUT2D eigenvalue weighted by Crippen LogP contribution is 2.21. The molecule has 1 aromatic rings. The zero-order valence-corrected chi connectivity index (χ0v) is 11.4. The van der Waals surface area contributed by atoms with Gasteiger partial charge < -0.3 is 11.5 Å². The Morgan fingerprint density at radius 2 is 1.95 bits per heavy atom. The fourth-order valence-electron chi connectivity index (χ4n) is 1.92. The van der Waals surface area contributed by atoms with Gasteiger partial charge in [-0.2, -0.15) is 10.1 Å². The van der Waals surface area contributed by atoms with E-state index in [1.165, 1.54) is 5.06 Å². The fourth-order valence-corrected chi connectivity index (χ4v) is 1.92. The molecule has 4 N–H and O–H groups in total. The van der Waals surface area contributed by atoms with E-state index in [1.807, 2.05) is 45.0 Å². The van der Waals surface area contributed by atoms with E-state index < -0.39 is 5.66 Å². The molecule has 1 aliphatic rings. The molecule has 0 aliphatic carbocycles. The number of rotatable bonds is 3. The SMILES string of the molecule is Cc1ccccc1CON1C(N)=NC(N)=NC1(C)C. The molecule has 0 amide bonds. The Morgan fingerprint density at radius 3 is 2.58 bits per heavy atom. The molecule has 6 heteroatoms. The maximum Gasteiger partial charge on any atom is 0.226 e. The number of nitrogens with zero attached hydrogens (tertiary/aromatic N) is 3. The molecule has 0 unspecified atom stereocenters. The van der Waals surface area contributed by atoms with Gasteiger partial charge in [0.2, 0.25) is 11.9 Å². The molecule has 0 spiro atoms. The second-order valence-corrected chi connectivity index (χ2v) is 4.93. The van der Waals surface area contributed by atoms with Crippen molar-refractivity contribution in [3.63, 3.8) is 0 Å². The first-order valence-electron chi connectivity index (χ1n) is 6.07. The van der Waals surface area contributed by atoms with Crippen molar-refractivity contribution in [3.8, 4) is 0 Å². The molecule has 0 atom stereocenters. The molecular formula is C13H19N5O. The van der Waals surface area contributed by atoms with Crippen molar-refractivity contribution in [2.24, 2.45) is 21.5 Å². The average Bonchev–Trinajstić information content (AvgIpc) is 2.28. The number of aryl methyl sites for hydroxylation is 1. The lowest BCUT2D eigenvalue weighted by Crippen LogP contribution is -2.53. The molecule has 6 nitrogen and oxygen atoms in total. The van der Waals surface area contributed by atoms with Crippen molar-refractivity contribution < 1.29 is 4.84 Å². The summed E-state index contributed by atoms with van der Waals surface area (Å²) in [6.07, 6.45) is 0. The van der Waals surface area contributed by atoms with Crippen molar-refractivity contribution in [1.82, 2.24) is 5.06 Å². The Hall–Kier alpha value is -2.08. The highest BCUT2D eigenvalue weighted by Gasteiger charge is 2.33. The molecule has 1 aliphatic heterocycles. The molecule has 0 fully saturated rings. The van der Waals surface area contributed by atoms with E-state index in [2.05, 4.69) is 9.98 Å². The summed E-state index contributed by atoms with van der Waals surface area (Å²) in [5, 5.41) is 1.48. The predicted octanol–water partition coefficient (Wildman–Crippen LogP) is 1.11. The summed E-state index contributed by atoms with van der Waals surface area (Å²) in [6, 6.07) is 8.01. The van der Waals surface area contributed by atoms with Gasteiger partial charge in [-0.15, -0.1) is 0 Å². The number of nitrogens with two attached hydrogens (primary N) is 2. The summed E-state index contributed by atoms with van der Waals surface area (Å²) in [5.74, 6) is 0.379. The molecule has 1 aromatic carbocycles. The van der Waals surface area contributed by atoms with E-state index in [9.17, 15) is 0 Å². The van der Waals surface area contributed by atoms with Gasteiger partial charge in [-0.1, -0.05) is 24.3 Å². The summed E-state index contributed by atoms with van der Waals surface area (Å²) in [4.78, 5) is 13.9. The van der Waals surface area contributed by atoms with Gasteiger partial charge in [0, 0.05) is 0 Å². The molecule has 1 heterocycles. The van der Waals surface area contributed by atoms with Crippen LogP contribution in [0.4, 0.5) is 0 Å². The number of hydrogen-bond acceptors (Lipinski definition) is 6. The van der Waals surface area contributed by atoms with Crippen LogP contribution < -0.4 is 11.5 Å². The van der Waals surface area contributed by atoms with Crippen LogP contribution in [0.5, 0.6) is 0 Å². The first-order valence-corrected chi connectivity index (χ1v) is 6.07. The number of aliphatic imine (C=N–C) groups is 2. The van der Waals surface area contributed by atoms with Crippen LogP contribution in [-0.4, -0.2) is 22.6 Å². The average molecular weight is 261 g/mol. The lowest BCUT2D eigenvalue weighted by molar-refractivity contribution is -0.167. The van der Waals surface area contributed by atoms with E-state index in [-0.39, 0.29) is 11.9 Å². The minimum Gasteiger partial charge on any atom is -0.368 e. The van der Waals surface area contributed by atoms with Crippen LogP contribution in [0, 0.1) is 6.92 Å². The van der Waals surface area contributed by atoms with Crippen LogP contribution in [0.3, 0.4) is 0 Å². The Bertz CT molecular complexity index is 536. The third-order valence-electron chi connectivity index (χ3n) is 2.93. The van der Waals surface area contributed by atoms with Crippen LogP contribution >= 0.6 is 0 Å². The number of guanidine groups is 2. The van der Waals surface area contributed by atoms with Crippen LogP contribution in [0.15, 0.2) is 34.3 Å². The highest BCUT2D eigenvalue weighted by atomic mass is 16.7. The lowest BCUT2D eigenvalue weighted by atomic mass is 10.1. The van der Waals surface area contributed by atoms with Gasteiger partial charge in [-0.05, 0) is 31.9 Å². The smallest absolute Gasteiger partial charge is 0.226 e. The quantitative estimate of drug-likeness (QED) is 0.853. The normalized spacial score (nSPS) is 17.9. The van der Waals surface area contributed by atoms with Crippen LogP contribution in [0.1, 0.15) is 25.0 Å². The number of benzene rings is 1. The maximum atomic E-state index is 5.84. The summed E-state index contributed by atoms with van der Waals surface area (Å²) in [6.45, 7) is 6.16. The monoisotopic (exact) mass is 261 g/mol. The van der Waals surface area contributed by atoms with Gasteiger partial charge in [0.15, 0.2) is 5.66 Å². The fraction of sp³-hybridized carbons (Fsp3) is 0.385. The molecule has 2 rings (SSSR count). The van der Waals surface area contributed by atoms with E-state index in [4.69, 9.17) is 16.3 Å². The minimum absolute atomic E-state index is 0.165. The largest absolute Gasteiger partial charge is 0.368 e. The lowest BCUT2D eigenvalue weighted by Gasteiger charge is -2.36. The second-order valence-electron chi connectivity index (χ2n) is 4.93. The predicted molar refractivity (Wildman–Crippen MR) is 75.1 cm³/mol. The maximum absolute atomic E-state index is 5.84. The number of hydroxylamine groups is 2. The van der Waals surface area contributed by atoms with Gasteiger partial charge >= 0.3 is 0 Å². The van der Waals surface area contributed by atoms with Gasteiger partial charge in [-0.3, -0.25) is 4.84 Å². The first-order chi connectivity index (χ1) is 8.90. The molecule has 0 bridgehead atoms. The standard InChI is InChI=1S/C13H19N5O/c1-9-6-4-5-7-10(9)8-19-18-12(15)16-11(14)17-13(18,2)3/h4-7H,8H2,1-3H3,(H4,14,15,16,17). The van der Waals surface area contributed by atoms with Crippen molar-refractivity contribution >= 4 is 11.9 Å². The van der Waals surface area contributed by atoms with E-state index >= 15 is 0 Å². The molecule has 0 saturated carbocycles. The second kappa shape index (κ2) is 4.89. The summed E-state index contributed by atoms with van der Waals surface area (Å²) >= 11 is 0. The number of hydrogen-bond donors (Lipinski definition) is 2. The summed E-state index contributed by atoms with van der Waals surface area (Å²) < 4.78 is 0. The summed E-state index contributed by atoms with van der Waals surface area (Å²) in [7, 11) is 0. The Morgan fingerprint density at radius 1 is 1.26 bits per heavy atom. The Labute approximate surface area is 112 Å². The van der Waals surface area contributed by atoms with E-state index in [1.54, 1.807) is 0 Å². The topological polar surface area (TPSA) is 89.2 Å².